The van der Waals surface area contributed by atoms with Gasteiger partial charge in [-0.3, -0.25) is 0 Å². The Hall–Kier alpha value is -5.60. The molecule has 8 aromatic rings. The summed E-state index contributed by atoms with van der Waals surface area (Å²) in [5, 5.41) is 4.96. The van der Waals surface area contributed by atoms with E-state index in [4.69, 9.17) is 0 Å². The van der Waals surface area contributed by atoms with E-state index in [9.17, 15) is 0 Å². The van der Waals surface area contributed by atoms with E-state index in [2.05, 4.69) is 181 Å². The Morgan fingerprint density at radius 1 is 0.467 bits per heavy atom. The maximum Gasteiger partial charge on any atom is 0.0542 e. The van der Waals surface area contributed by atoms with Gasteiger partial charge >= 0.3 is 0 Å². The predicted molar refractivity (Wildman–Crippen MR) is 191 cm³/mol. The molecule has 2 heteroatoms. The van der Waals surface area contributed by atoms with Crippen molar-refractivity contribution in [3.05, 3.63) is 169 Å². The Kier molecular flexibility index (Phi) is 5.58. The number of aromatic nitrogens is 1. The van der Waals surface area contributed by atoms with Crippen molar-refractivity contribution in [1.82, 2.24) is 4.57 Å². The van der Waals surface area contributed by atoms with Crippen molar-refractivity contribution in [1.29, 1.82) is 0 Å². The smallest absolute Gasteiger partial charge is 0.0542 e. The first kappa shape index (κ1) is 25.9. The quantitative estimate of drug-likeness (QED) is 0.202. The first-order chi connectivity index (χ1) is 22.1. The molecule has 0 atom stereocenters. The summed E-state index contributed by atoms with van der Waals surface area (Å²) in [5.41, 5.74) is 12.4. The number of hydrogen-bond donors (Lipinski definition) is 0. The normalized spacial score (nSPS) is 13.3. The van der Waals surface area contributed by atoms with E-state index in [0.717, 1.165) is 11.4 Å². The summed E-state index contributed by atoms with van der Waals surface area (Å²) >= 11 is 0. The first-order valence-electron chi connectivity index (χ1n) is 15.7. The molecule has 0 saturated carbocycles. The first-order valence-corrected chi connectivity index (χ1v) is 15.7. The van der Waals surface area contributed by atoms with Crippen molar-refractivity contribution in [2.24, 2.45) is 0 Å². The Morgan fingerprint density at radius 3 is 2.00 bits per heavy atom. The van der Waals surface area contributed by atoms with Gasteiger partial charge in [0.2, 0.25) is 0 Å². The molecule has 1 aliphatic rings. The highest BCUT2D eigenvalue weighted by Crippen LogP contribution is 2.51. The van der Waals surface area contributed by atoms with Crippen LogP contribution in [-0.2, 0) is 5.41 Å². The van der Waals surface area contributed by atoms with Crippen molar-refractivity contribution in [2.75, 3.05) is 4.90 Å². The lowest BCUT2D eigenvalue weighted by molar-refractivity contribution is 0.660. The minimum atomic E-state index is -0.0839. The number of benzene rings is 7. The minimum Gasteiger partial charge on any atom is -0.310 e. The van der Waals surface area contributed by atoms with Crippen molar-refractivity contribution in [2.45, 2.75) is 19.3 Å². The molecule has 0 bridgehead atoms. The standard InChI is InChI=1S/C43H32N2/c1-43(2)38-20-10-8-18-34(38)35-25-23-32(28-39(35)43)44(40-22-12-14-29-13-6-7-17-33(29)40)31-24-26-42-37(27-31)36-19-9-11-21-41(36)45(42)30-15-4-3-5-16-30/h3-28H,1-2H3. The summed E-state index contributed by atoms with van der Waals surface area (Å²) in [6, 6.07) is 57.7. The van der Waals surface area contributed by atoms with Crippen LogP contribution in [0.4, 0.5) is 17.1 Å². The molecule has 0 amide bonds. The molecule has 214 valence electrons. The molecular weight excluding hydrogens is 544 g/mol. The number of para-hydroxylation sites is 2. The molecule has 45 heavy (non-hydrogen) atoms. The van der Waals surface area contributed by atoms with Crippen molar-refractivity contribution < 1.29 is 0 Å². The summed E-state index contributed by atoms with van der Waals surface area (Å²) in [6.07, 6.45) is 0. The predicted octanol–water partition coefficient (Wildman–Crippen LogP) is 11.7. The van der Waals surface area contributed by atoms with Crippen molar-refractivity contribution in [3.8, 4) is 16.8 Å². The topological polar surface area (TPSA) is 8.17 Å². The zero-order chi connectivity index (χ0) is 30.1. The molecule has 0 N–H and O–H groups in total. The number of anilines is 3. The molecular formula is C43H32N2. The maximum atomic E-state index is 2.45. The van der Waals surface area contributed by atoms with E-state index in [-0.39, 0.29) is 5.41 Å². The van der Waals surface area contributed by atoms with E-state index >= 15 is 0 Å². The van der Waals surface area contributed by atoms with E-state index in [0.29, 0.717) is 0 Å². The number of hydrogen-bond acceptors (Lipinski definition) is 1. The highest BCUT2D eigenvalue weighted by molar-refractivity contribution is 6.11. The van der Waals surface area contributed by atoms with Gasteiger partial charge in [-0.05, 0) is 82.2 Å². The van der Waals surface area contributed by atoms with Gasteiger partial charge in [0.1, 0.15) is 0 Å². The summed E-state index contributed by atoms with van der Waals surface area (Å²) < 4.78 is 2.38. The molecule has 0 saturated heterocycles. The third kappa shape index (κ3) is 3.82. The monoisotopic (exact) mass is 576 g/mol. The van der Waals surface area contributed by atoms with Gasteiger partial charge in [0.05, 0.1) is 16.7 Å². The average Bonchev–Trinajstić information content (AvgIpc) is 3.54. The fourth-order valence-electron chi connectivity index (χ4n) is 7.62. The van der Waals surface area contributed by atoms with Crippen LogP contribution in [0.25, 0.3) is 49.4 Å². The van der Waals surface area contributed by atoms with Crippen LogP contribution in [0.15, 0.2) is 158 Å². The van der Waals surface area contributed by atoms with Crippen LogP contribution in [0.2, 0.25) is 0 Å². The van der Waals surface area contributed by atoms with Crippen LogP contribution in [0.3, 0.4) is 0 Å². The van der Waals surface area contributed by atoms with Crippen molar-refractivity contribution in [3.63, 3.8) is 0 Å². The molecule has 1 heterocycles. The number of fused-ring (bicyclic) bond motifs is 7. The van der Waals surface area contributed by atoms with Gasteiger partial charge in [-0.1, -0.05) is 117 Å². The lowest BCUT2D eigenvalue weighted by Gasteiger charge is -2.29. The minimum absolute atomic E-state index is 0.0839. The second-order valence-corrected chi connectivity index (χ2v) is 12.6. The molecule has 7 aromatic carbocycles. The third-order valence-corrected chi connectivity index (χ3v) is 9.76. The zero-order valence-corrected chi connectivity index (χ0v) is 25.4. The van der Waals surface area contributed by atoms with Crippen LogP contribution in [0.5, 0.6) is 0 Å². The zero-order valence-electron chi connectivity index (χ0n) is 25.4. The highest BCUT2D eigenvalue weighted by atomic mass is 15.1. The summed E-state index contributed by atoms with van der Waals surface area (Å²) in [6.45, 7) is 4.71. The molecule has 0 spiro atoms. The molecule has 0 radical (unpaired) electrons. The lowest BCUT2D eigenvalue weighted by atomic mass is 9.82. The Morgan fingerprint density at radius 2 is 1.11 bits per heavy atom. The van der Waals surface area contributed by atoms with Crippen LogP contribution in [-0.4, -0.2) is 4.57 Å². The van der Waals surface area contributed by atoms with Gasteiger partial charge in [-0.15, -0.1) is 0 Å². The molecule has 0 aliphatic heterocycles. The van der Waals surface area contributed by atoms with E-state index < -0.39 is 0 Å². The van der Waals surface area contributed by atoms with Crippen LogP contribution in [0, 0.1) is 0 Å². The SMILES string of the molecule is CC1(C)c2ccccc2-c2ccc(N(c3ccc4c(c3)c3ccccc3n4-c3ccccc3)c3cccc4ccccc34)cc21. The Labute approximate surface area is 263 Å². The van der Waals surface area contributed by atoms with Crippen molar-refractivity contribution >= 4 is 49.6 Å². The molecule has 1 aliphatic carbocycles. The van der Waals surface area contributed by atoms with Gasteiger partial charge in [0, 0.05) is 38.6 Å². The van der Waals surface area contributed by atoms with Crippen LogP contribution >= 0.6 is 0 Å². The second kappa shape index (κ2) is 9.70. The van der Waals surface area contributed by atoms with E-state index in [1.807, 2.05) is 0 Å². The Bertz CT molecular complexity index is 2410. The molecule has 1 aromatic heterocycles. The van der Waals surface area contributed by atoms with Gasteiger partial charge in [0.25, 0.3) is 0 Å². The van der Waals surface area contributed by atoms with E-state index in [1.165, 1.54) is 66.2 Å². The van der Waals surface area contributed by atoms with Crippen LogP contribution < -0.4 is 4.90 Å². The fraction of sp³-hybridized carbons (Fsp3) is 0.0698. The third-order valence-electron chi connectivity index (χ3n) is 9.76. The average molecular weight is 577 g/mol. The lowest BCUT2D eigenvalue weighted by Crippen LogP contribution is -2.16. The summed E-state index contributed by atoms with van der Waals surface area (Å²) in [5.74, 6) is 0. The second-order valence-electron chi connectivity index (χ2n) is 12.6. The fourth-order valence-corrected chi connectivity index (χ4v) is 7.62. The number of nitrogens with zero attached hydrogens (tertiary/aromatic N) is 2. The summed E-state index contributed by atoms with van der Waals surface area (Å²) in [4.78, 5) is 2.45. The largest absolute Gasteiger partial charge is 0.310 e. The van der Waals surface area contributed by atoms with Gasteiger partial charge < -0.3 is 9.47 Å². The van der Waals surface area contributed by atoms with Crippen LogP contribution in [0.1, 0.15) is 25.0 Å². The summed E-state index contributed by atoms with van der Waals surface area (Å²) in [7, 11) is 0. The van der Waals surface area contributed by atoms with Gasteiger partial charge in [0.15, 0.2) is 0 Å². The van der Waals surface area contributed by atoms with Gasteiger partial charge in [-0.25, -0.2) is 0 Å². The molecule has 2 nitrogen and oxygen atoms in total. The maximum absolute atomic E-state index is 2.45. The molecule has 0 unspecified atom stereocenters. The number of rotatable bonds is 4. The van der Waals surface area contributed by atoms with Gasteiger partial charge in [-0.2, -0.15) is 0 Å². The Balaban J connectivity index is 1.31. The highest BCUT2D eigenvalue weighted by Gasteiger charge is 2.35. The van der Waals surface area contributed by atoms with E-state index in [1.54, 1.807) is 0 Å². The molecule has 9 rings (SSSR count). The molecule has 0 fully saturated rings.